The van der Waals surface area contributed by atoms with Gasteiger partial charge in [-0.25, -0.2) is 13.1 Å². The van der Waals surface area contributed by atoms with Crippen LogP contribution in [-0.2, 0) is 30.0 Å². The van der Waals surface area contributed by atoms with E-state index in [4.69, 9.17) is 4.74 Å². The first-order valence-corrected chi connectivity index (χ1v) is 9.21. The number of hydrogen-bond donors (Lipinski definition) is 1. The minimum atomic E-state index is -3.55. The molecule has 0 aliphatic carbocycles. The summed E-state index contributed by atoms with van der Waals surface area (Å²) in [6.07, 6.45) is 1.25. The Morgan fingerprint density at radius 1 is 1.57 bits per heavy atom. The van der Waals surface area contributed by atoms with Gasteiger partial charge in [0.1, 0.15) is 0 Å². The molecule has 1 fully saturated rings. The fourth-order valence-corrected chi connectivity index (χ4v) is 4.77. The second-order valence-electron chi connectivity index (χ2n) is 5.18. The van der Waals surface area contributed by atoms with E-state index in [0.29, 0.717) is 19.4 Å². The van der Waals surface area contributed by atoms with Gasteiger partial charge in [0, 0.05) is 6.61 Å². The van der Waals surface area contributed by atoms with Crippen LogP contribution < -0.4 is 4.72 Å². The Morgan fingerprint density at radius 2 is 2.38 bits per heavy atom. The van der Waals surface area contributed by atoms with Crippen LogP contribution in [-0.4, -0.2) is 40.2 Å². The summed E-state index contributed by atoms with van der Waals surface area (Å²) >= 11 is 1.45. The van der Waals surface area contributed by atoms with E-state index in [2.05, 4.69) is 9.46 Å². The largest absolute Gasteiger partial charge is 0.469 e. The molecular weight excluding hydrogens is 314 g/mol. The highest BCUT2D eigenvalue weighted by Crippen LogP contribution is 2.25. The third kappa shape index (κ3) is 4.77. The van der Waals surface area contributed by atoms with Crippen molar-refractivity contribution in [2.45, 2.75) is 30.6 Å². The third-order valence-electron chi connectivity index (χ3n) is 3.34. The van der Waals surface area contributed by atoms with E-state index in [0.717, 1.165) is 5.56 Å². The van der Waals surface area contributed by atoms with Gasteiger partial charge in [-0.15, -0.1) is 0 Å². The van der Waals surface area contributed by atoms with E-state index < -0.39 is 21.5 Å². The number of nitrogens with one attached hydrogen (secondary N) is 1. The van der Waals surface area contributed by atoms with Crippen molar-refractivity contribution >= 4 is 27.3 Å². The maximum absolute atomic E-state index is 12.3. The SMILES string of the molecule is COC(=O)CC1(NS(=O)(=O)Cc2ccsc2)CCCOC1. The lowest BCUT2D eigenvalue weighted by atomic mass is 9.90. The van der Waals surface area contributed by atoms with Gasteiger partial charge in [-0.05, 0) is 35.2 Å². The van der Waals surface area contributed by atoms with E-state index in [-0.39, 0.29) is 18.8 Å². The number of thiophene rings is 1. The van der Waals surface area contributed by atoms with Crippen LogP contribution >= 0.6 is 11.3 Å². The van der Waals surface area contributed by atoms with Gasteiger partial charge < -0.3 is 9.47 Å². The molecule has 21 heavy (non-hydrogen) atoms. The third-order valence-corrected chi connectivity index (χ3v) is 5.53. The van der Waals surface area contributed by atoms with Crippen molar-refractivity contribution in [1.82, 2.24) is 4.72 Å². The Morgan fingerprint density at radius 3 is 2.95 bits per heavy atom. The highest BCUT2D eigenvalue weighted by molar-refractivity contribution is 7.88. The second kappa shape index (κ2) is 6.87. The number of ether oxygens (including phenoxy) is 2. The minimum absolute atomic E-state index is 0.0215. The van der Waals surface area contributed by atoms with E-state index >= 15 is 0 Å². The van der Waals surface area contributed by atoms with Crippen molar-refractivity contribution in [2.24, 2.45) is 0 Å². The number of carbonyl (C=O) groups is 1. The van der Waals surface area contributed by atoms with Gasteiger partial charge in [-0.3, -0.25) is 4.79 Å². The van der Waals surface area contributed by atoms with Crippen molar-refractivity contribution in [2.75, 3.05) is 20.3 Å². The molecule has 6 nitrogen and oxygen atoms in total. The van der Waals surface area contributed by atoms with Crippen LogP contribution in [0.4, 0.5) is 0 Å². The Bertz CT molecular complexity index is 561. The number of esters is 1. The van der Waals surface area contributed by atoms with Gasteiger partial charge in [0.2, 0.25) is 10.0 Å². The van der Waals surface area contributed by atoms with Crippen LogP contribution in [0.15, 0.2) is 16.8 Å². The average Bonchev–Trinajstić information content (AvgIpc) is 2.90. The molecule has 1 aliphatic heterocycles. The summed E-state index contributed by atoms with van der Waals surface area (Å²) in [4.78, 5) is 11.6. The summed E-state index contributed by atoms with van der Waals surface area (Å²) in [7, 11) is -2.26. The molecule has 1 aromatic heterocycles. The summed E-state index contributed by atoms with van der Waals surface area (Å²) in [6, 6.07) is 1.77. The van der Waals surface area contributed by atoms with Gasteiger partial charge in [0.25, 0.3) is 0 Å². The first-order chi connectivity index (χ1) is 9.95. The molecule has 118 valence electrons. The van der Waals surface area contributed by atoms with Gasteiger partial charge in [-0.1, -0.05) is 0 Å². The number of hydrogen-bond acceptors (Lipinski definition) is 6. The van der Waals surface area contributed by atoms with E-state index in [1.807, 2.05) is 5.38 Å². The lowest BCUT2D eigenvalue weighted by molar-refractivity contribution is -0.143. The summed E-state index contributed by atoms with van der Waals surface area (Å²) < 4.78 is 37.4. The predicted molar refractivity (Wildman–Crippen MR) is 79.5 cm³/mol. The Hall–Kier alpha value is -0.960. The molecule has 0 radical (unpaired) electrons. The Kier molecular flexibility index (Phi) is 5.37. The molecule has 2 rings (SSSR count). The van der Waals surface area contributed by atoms with Crippen molar-refractivity contribution in [3.05, 3.63) is 22.4 Å². The first kappa shape index (κ1) is 16.4. The van der Waals surface area contributed by atoms with Crippen molar-refractivity contribution < 1.29 is 22.7 Å². The van der Waals surface area contributed by atoms with Crippen LogP contribution in [0.25, 0.3) is 0 Å². The lowest BCUT2D eigenvalue weighted by Crippen LogP contribution is -2.55. The van der Waals surface area contributed by atoms with E-state index in [9.17, 15) is 13.2 Å². The normalized spacial score (nSPS) is 22.9. The van der Waals surface area contributed by atoms with Crippen molar-refractivity contribution in [1.29, 1.82) is 0 Å². The number of rotatable bonds is 6. The number of methoxy groups -OCH3 is 1. The molecule has 1 aliphatic rings. The van der Waals surface area contributed by atoms with Gasteiger partial charge >= 0.3 is 5.97 Å². The summed E-state index contributed by atoms with van der Waals surface area (Å²) in [6.45, 7) is 0.764. The monoisotopic (exact) mass is 333 g/mol. The second-order valence-corrected chi connectivity index (χ2v) is 7.68. The zero-order valence-electron chi connectivity index (χ0n) is 11.8. The summed E-state index contributed by atoms with van der Waals surface area (Å²) in [5.74, 6) is -0.543. The van der Waals surface area contributed by atoms with Crippen LogP contribution in [0.2, 0.25) is 0 Å². The number of sulfonamides is 1. The molecule has 0 bridgehead atoms. The van der Waals surface area contributed by atoms with Crippen LogP contribution in [0.1, 0.15) is 24.8 Å². The Labute approximate surface area is 128 Å². The molecule has 0 amide bonds. The van der Waals surface area contributed by atoms with Crippen molar-refractivity contribution in [3.8, 4) is 0 Å². The lowest BCUT2D eigenvalue weighted by Gasteiger charge is -2.36. The molecule has 0 saturated carbocycles. The van der Waals surface area contributed by atoms with Crippen LogP contribution in [0.3, 0.4) is 0 Å². The first-order valence-electron chi connectivity index (χ1n) is 6.62. The predicted octanol–water partition coefficient (Wildman–Crippen LogP) is 1.28. The average molecular weight is 333 g/mol. The highest BCUT2D eigenvalue weighted by atomic mass is 32.2. The molecule has 1 N–H and O–H groups in total. The molecule has 1 atom stereocenters. The maximum Gasteiger partial charge on any atom is 0.307 e. The highest BCUT2D eigenvalue weighted by Gasteiger charge is 2.39. The molecule has 8 heteroatoms. The fourth-order valence-electron chi connectivity index (χ4n) is 2.42. The van der Waals surface area contributed by atoms with Gasteiger partial charge in [0.05, 0.1) is 31.4 Å². The molecule has 1 unspecified atom stereocenters. The molecule has 0 spiro atoms. The van der Waals surface area contributed by atoms with Gasteiger partial charge in [-0.2, -0.15) is 11.3 Å². The molecule has 1 saturated heterocycles. The zero-order chi connectivity index (χ0) is 15.3. The standard InChI is InChI=1S/C13H19NO5S2/c1-18-12(15)7-13(4-2-5-19-10-13)14-21(16,17)9-11-3-6-20-8-11/h3,6,8,14H,2,4-5,7,9-10H2,1H3. The van der Waals surface area contributed by atoms with Crippen LogP contribution in [0, 0.1) is 0 Å². The summed E-state index contributed by atoms with van der Waals surface area (Å²) in [5, 5.41) is 3.63. The van der Waals surface area contributed by atoms with Gasteiger partial charge in [0.15, 0.2) is 0 Å². The topological polar surface area (TPSA) is 81.7 Å². The van der Waals surface area contributed by atoms with Crippen LogP contribution in [0.5, 0.6) is 0 Å². The van der Waals surface area contributed by atoms with Crippen molar-refractivity contribution in [3.63, 3.8) is 0 Å². The fraction of sp³-hybridized carbons (Fsp3) is 0.615. The van der Waals surface area contributed by atoms with E-state index in [1.165, 1.54) is 18.4 Å². The smallest absolute Gasteiger partial charge is 0.307 e. The molecule has 1 aromatic rings. The molecular formula is C13H19NO5S2. The minimum Gasteiger partial charge on any atom is -0.469 e. The van der Waals surface area contributed by atoms with E-state index in [1.54, 1.807) is 11.4 Å². The zero-order valence-corrected chi connectivity index (χ0v) is 13.5. The maximum atomic E-state index is 12.3. The molecule has 0 aromatic carbocycles. The quantitative estimate of drug-likeness (QED) is 0.793. The number of carbonyl (C=O) groups excluding carboxylic acids is 1. The molecule has 2 heterocycles. The summed E-state index contributed by atoms with van der Waals surface area (Å²) in [5.41, 5.74) is -0.169. The Balaban J connectivity index is 2.11.